The fourth-order valence-corrected chi connectivity index (χ4v) is 2.39. The highest BCUT2D eigenvalue weighted by Crippen LogP contribution is 2.16. The van der Waals surface area contributed by atoms with Gasteiger partial charge in [-0.15, -0.1) is 0 Å². The molecular formula is C9H18NOS+. The number of nitrogens with two attached hydrogens (primary N) is 1. The van der Waals surface area contributed by atoms with E-state index in [9.17, 15) is 4.79 Å². The van der Waals surface area contributed by atoms with Crippen LogP contribution in [-0.2, 0) is 4.79 Å². The number of carbonyl (C=O) groups excluding carboxylic acids is 1. The SMILES string of the molecule is CC(=O)SCCC1CC[NH2+]CC1. The Kier molecular flexibility index (Phi) is 4.69. The molecule has 0 aromatic heterocycles. The minimum Gasteiger partial charge on any atom is -0.346 e. The van der Waals surface area contributed by atoms with E-state index in [-0.39, 0.29) is 5.12 Å². The number of carbonyl (C=O) groups is 1. The Hall–Kier alpha value is -0.0200. The molecule has 0 atom stereocenters. The summed E-state index contributed by atoms with van der Waals surface area (Å²) in [5.41, 5.74) is 0. The lowest BCUT2D eigenvalue weighted by atomic mass is 9.96. The molecule has 1 fully saturated rings. The van der Waals surface area contributed by atoms with E-state index in [4.69, 9.17) is 0 Å². The van der Waals surface area contributed by atoms with Gasteiger partial charge in [0.15, 0.2) is 5.12 Å². The molecule has 2 N–H and O–H groups in total. The molecule has 0 spiro atoms. The van der Waals surface area contributed by atoms with Crippen LogP contribution in [0, 0.1) is 5.92 Å². The van der Waals surface area contributed by atoms with Crippen molar-refractivity contribution in [2.24, 2.45) is 5.92 Å². The molecule has 1 heterocycles. The van der Waals surface area contributed by atoms with Crippen molar-refractivity contribution in [3.05, 3.63) is 0 Å². The van der Waals surface area contributed by atoms with Crippen LogP contribution in [-0.4, -0.2) is 24.0 Å². The van der Waals surface area contributed by atoms with Gasteiger partial charge in [0, 0.05) is 12.7 Å². The van der Waals surface area contributed by atoms with Crippen molar-refractivity contribution in [2.75, 3.05) is 18.8 Å². The van der Waals surface area contributed by atoms with Crippen molar-refractivity contribution in [3.8, 4) is 0 Å². The van der Waals surface area contributed by atoms with Crippen LogP contribution >= 0.6 is 11.8 Å². The van der Waals surface area contributed by atoms with Crippen molar-refractivity contribution in [1.29, 1.82) is 0 Å². The molecular weight excluding hydrogens is 170 g/mol. The fraction of sp³-hybridized carbons (Fsp3) is 0.889. The lowest BCUT2D eigenvalue weighted by Gasteiger charge is -2.19. The third-order valence-corrected chi connectivity index (χ3v) is 3.24. The van der Waals surface area contributed by atoms with Gasteiger partial charge >= 0.3 is 0 Å². The summed E-state index contributed by atoms with van der Waals surface area (Å²) in [6, 6.07) is 0. The minimum atomic E-state index is 0.261. The molecule has 0 aromatic carbocycles. The third kappa shape index (κ3) is 4.12. The summed E-state index contributed by atoms with van der Waals surface area (Å²) in [6.07, 6.45) is 3.93. The number of hydrogen-bond acceptors (Lipinski definition) is 2. The number of hydrogen-bond donors (Lipinski definition) is 1. The Labute approximate surface area is 78.5 Å². The molecule has 0 aromatic rings. The van der Waals surface area contributed by atoms with Crippen LogP contribution in [0.1, 0.15) is 26.2 Å². The van der Waals surface area contributed by atoms with Crippen LogP contribution in [0.4, 0.5) is 0 Å². The topological polar surface area (TPSA) is 33.7 Å². The summed E-state index contributed by atoms with van der Waals surface area (Å²) in [6.45, 7) is 4.23. The monoisotopic (exact) mass is 188 g/mol. The predicted molar refractivity (Wildman–Crippen MR) is 52.1 cm³/mol. The van der Waals surface area contributed by atoms with Crippen LogP contribution < -0.4 is 5.32 Å². The first-order valence-electron chi connectivity index (χ1n) is 4.74. The van der Waals surface area contributed by atoms with Gasteiger partial charge in [-0.25, -0.2) is 0 Å². The Morgan fingerprint density at radius 2 is 2.17 bits per heavy atom. The zero-order valence-corrected chi connectivity index (χ0v) is 8.53. The summed E-state index contributed by atoms with van der Waals surface area (Å²) in [4.78, 5) is 10.6. The van der Waals surface area contributed by atoms with E-state index in [0.717, 1.165) is 11.7 Å². The molecule has 70 valence electrons. The van der Waals surface area contributed by atoms with Gasteiger partial charge in [-0.05, 0) is 25.2 Å². The molecule has 0 bridgehead atoms. The lowest BCUT2D eigenvalue weighted by Crippen LogP contribution is -2.86. The quantitative estimate of drug-likeness (QED) is 0.705. The van der Waals surface area contributed by atoms with Gasteiger partial charge in [0.25, 0.3) is 0 Å². The Morgan fingerprint density at radius 1 is 1.50 bits per heavy atom. The van der Waals surface area contributed by atoms with E-state index in [1.54, 1.807) is 6.92 Å². The van der Waals surface area contributed by atoms with Gasteiger partial charge in [0.2, 0.25) is 0 Å². The Balaban J connectivity index is 2.01. The number of thioether (sulfide) groups is 1. The second-order valence-corrected chi connectivity index (χ2v) is 4.71. The zero-order chi connectivity index (χ0) is 8.81. The summed E-state index contributed by atoms with van der Waals surface area (Å²) in [7, 11) is 0. The number of quaternary nitrogens is 1. The van der Waals surface area contributed by atoms with Crippen molar-refractivity contribution in [1.82, 2.24) is 0 Å². The van der Waals surface area contributed by atoms with E-state index >= 15 is 0 Å². The molecule has 0 amide bonds. The Bertz CT molecular complexity index is 143. The van der Waals surface area contributed by atoms with Crippen LogP contribution in [0.2, 0.25) is 0 Å². The minimum absolute atomic E-state index is 0.261. The first-order chi connectivity index (χ1) is 5.79. The molecule has 0 saturated carbocycles. The molecule has 1 saturated heterocycles. The van der Waals surface area contributed by atoms with Gasteiger partial charge in [-0.1, -0.05) is 11.8 Å². The molecule has 0 aliphatic carbocycles. The largest absolute Gasteiger partial charge is 0.346 e. The van der Waals surface area contributed by atoms with E-state index < -0.39 is 0 Å². The Morgan fingerprint density at radius 3 is 2.75 bits per heavy atom. The summed E-state index contributed by atoms with van der Waals surface area (Å²) in [5, 5.41) is 2.65. The normalized spacial score (nSPS) is 19.4. The lowest BCUT2D eigenvalue weighted by molar-refractivity contribution is -0.664. The zero-order valence-electron chi connectivity index (χ0n) is 7.71. The average Bonchev–Trinajstić information content (AvgIpc) is 2.05. The van der Waals surface area contributed by atoms with Crippen LogP contribution in [0.25, 0.3) is 0 Å². The highest BCUT2D eigenvalue weighted by atomic mass is 32.2. The van der Waals surface area contributed by atoms with Gasteiger partial charge < -0.3 is 5.32 Å². The molecule has 1 rings (SSSR count). The van der Waals surface area contributed by atoms with E-state index in [0.29, 0.717) is 0 Å². The second kappa shape index (κ2) is 5.60. The highest BCUT2D eigenvalue weighted by Gasteiger charge is 2.14. The van der Waals surface area contributed by atoms with Gasteiger partial charge in [-0.2, -0.15) is 0 Å². The summed E-state index contributed by atoms with van der Waals surface area (Å²) in [5.74, 6) is 1.92. The first kappa shape index (κ1) is 10.1. The standard InChI is InChI=1S/C9H17NOS/c1-8(11)12-7-4-9-2-5-10-6-3-9/h9-10H,2-7H2,1H3/p+1. The summed E-state index contributed by atoms with van der Waals surface area (Å²) >= 11 is 1.48. The molecule has 12 heavy (non-hydrogen) atoms. The second-order valence-electron chi connectivity index (χ2n) is 3.44. The fourth-order valence-electron chi connectivity index (χ4n) is 1.65. The van der Waals surface area contributed by atoms with Crippen molar-refractivity contribution in [2.45, 2.75) is 26.2 Å². The maximum absolute atomic E-state index is 10.6. The van der Waals surface area contributed by atoms with Crippen LogP contribution in [0.3, 0.4) is 0 Å². The van der Waals surface area contributed by atoms with E-state index in [1.165, 1.54) is 44.1 Å². The van der Waals surface area contributed by atoms with E-state index in [2.05, 4.69) is 5.32 Å². The first-order valence-corrected chi connectivity index (χ1v) is 5.72. The highest BCUT2D eigenvalue weighted by molar-refractivity contribution is 8.13. The number of rotatable bonds is 3. The summed E-state index contributed by atoms with van der Waals surface area (Å²) < 4.78 is 0. The number of piperidine rings is 1. The van der Waals surface area contributed by atoms with E-state index in [1.807, 2.05) is 0 Å². The van der Waals surface area contributed by atoms with Crippen LogP contribution in [0.15, 0.2) is 0 Å². The van der Waals surface area contributed by atoms with Crippen molar-refractivity contribution in [3.63, 3.8) is 0 Å². The maximum Gasteiger partial charge on any atom is 0.185 e. The predicted octanol–water partition coefficient (Wildman–Crippen LogP) is 0.630. The van der Waals surface area contributed by atoms with Crippen molar-refractivity contribution >= 4 is 16.9 Å². The van der Waals surface area contributed by atoms with Gasteiger partial charge in [-0.3, -0.25) is 4.79 Å². The van der Waals surface area contributed by atoms with Gasteiger partial charge in [0.1, 0.15) is 0 Å². The molecule has 3 heteroatoms. The van der Waals surface area contributed by atoms with Gasteiger partial charge in [0.05, 0.1) is 13.1 Å². The van der Waals surface area contributed by atoms with Crippen LogP contribution in [0.5, 0.6) is 0 Å². The molecule has 0 unspecified atom stereocenters. The molecule has 0 radical (unpaired) electrons. The maximum atomic E-state index is 10.6. The third-order valence-electron chi connectivity index (χ3n) is 2.39. The van der Waals surface area contributed by atoms with Crippen molar-refractivity contribution < 1.29 is 10.1 Å². The smallest absolute Gasteiger partial charge is 0.185 e. The average molecular weight is 188 g/mol. The molecule has 1 aliphatic rings. The molecule has 2 nitrogen and oxygen atoms in total. The molecule has 1 aliphatic heterocycles.